The van der Waals surface area contributed by atoms with Gasteiger partial charge in [0.1, 0.15) is 13.2 Å². The molecule has 4 rings (SSSR count). The molecular weight excluding hydrogens is 721 g/mol. The van der Waals surface area contributed by atoms with Gasteiger partial charge in [0.2, 0.25) is 0 Å². The number of carbonyl (C=O) groups excluding carboxylic acids is 2. The number of ether oxygens (including phenoxy) is 2. The Morgan fingerprint density at radius 1 is 0.362 bits per heavy atom. The fourth-order valence-electron chi connectivity index (χ4n) is 13.5. The first kappa shape index (κ1) is 49.4. The second-order valence-electron chi connectivity index (χ2n) is 24.3. The third-order valence-corrected chi connectivity index (χ3v) is 15.5. The van der Waals surface area contributed by atoms with Crippen LogP contribution in [0.1, 0.15) is 239 Å². The van der Waals surface area contributed by atoms with Gasteiger partial charge in [-0.05, 0) is 201 Å². The average Bonchev–Trinajstić information content (AvgIpc) is 3.03. The maximum atomic E-state index is 13.3. The van der Waals surface area contributed by atoms with Gasteiger partial charge in [0.25, 0.3) is 0 Å². The van der Waals surface area contributed by atoms with E-state index in [9.17, 15) is 9.59 Å². The van der Waals surface area contributed by atoms with E-state index >= 15 is 0 Å². The number of hydrogen-bond donors (Lipinski definition) is 0. The molecule has 0 saturated carbocycles. The molecule has 4 aliphatic heterocycles. The normalized spacial score (nSPS) is 26.7. The van der Waals surface area contributed by atoms with Crippen molar-refractivity contribution in [1.82, 2.24) is 19.6 Å². The van der Waals surface area contributed by atoms with Crippen molar-refractivity contribution < 1.29 is 19.1 Å². The van der Waals surface area contributed by atoms with E-state index in [4.69, 9.17) is 9.47 Å². The van der Waals surface area contributed by atoms with Crippen molar-refractivity contribution in [3.05, 3.63) is 0 Å². The Labute approximate surface area is 358 Å². The van der Waals surface area contributed by atoms with Crippen molar-refractivity contribution in [2.45, 2.75) is 296 Å². The van der Waals surface area contributed by atoms with Crippen molar-refractivity contribution in [3.63, 3.8) is 0 Å². The first-order chi connectivity index (χ1) is 26.6. The molecule has 0 aromatic rings. The molecule has 0 unspecified atom stereocenters. The summed E-state index contributed by atoms with van der Waals surface area (Å²) in [6, 6.07) is 0. The predicted octanol–water partition coefficient (Wildman–Crippen LogP) is 12.0. The molecule has 0 radical (unpaired) electrons. The fraction of sp³-hybridized carbons (Fsp3) is 0.960. The second-order valence-corrected chi connectivity index (χ2v) is 24.3. The molecule has 0 atom stereocenters. The highest BCUT2D eigenvalue weighted by Crippen LogP contribution is 2.48. The zero-order chi connectivity index (χ0) is 43.6. The highest BCUT2D eigenvalue weighted by atomic mass is 16.5. The van der Waals surface area contributed by atoms with E-state index in [1.807, 2.05) is 0 Å². The first-order valence-corrected chi connectivity index (χ1v) is 24.1. The molecule has 0 amide bonds. The third-order valence-electron chi connectivity index (χ3n) is 15.5. The molecule has 4 heterocycles. The van der Waals surface area contributed by atoms with Crippen molar-refractivity contribution in [2.24, 2.45) is 0 Å². The number of esters is 2. The summed E-state index contributed by atoms with van der Waals surface area (Å²) >= 11 is 0. The van der Waals surface area contributed by atoms with E-state index in [-0.39, 0.29) is 68.6 Å². The van der Waals surface area contributed by atoms with Gasteiger partial charge in [0.05, 0.1) is 12.3 Å². The maximum absolute atomic E-state index is 13.3. The largest absolute Gasteiger partial charge is 0.463 e. The van der Waals surface area contributed by atoms with Crippen LogP contribution in [0.15, 0.2) is 0 Å². The topological polar surface area (TPSA) is 65.6 Å². The van der Waals surface area contributed by atoms with Crippen LogP contribution in [0.25, 0.3) is 0 Å². The Balaban J connectivity index is 1.24. The third kappa shape index (κ3) is 11.8. The molecule has 4 saturated heterocycles. The highest BCUT2D eigenvalue weighted by molar-refractivity contribution is 5.69. The Kier molecular flexibility index (Phi) is 15.9. The average molecular weight is 815 g/mol. The standard InChI is InChI=1S/C50H94N4O4/c1-43(2)29-23-30-44(3,4)51(43)39(52-45(5,6)31-24-32-46(52,7)8)37-57-41(55)27-21-19-17-18-20-22-28-42(56)58-38-40(53-47(9,10)33-25-34-48(53,11)12)54-49(13,14)35-26-36-50(54,15)16/h39-40H,17-38H2,1-16H3. The van der Waals surface area contributed by atoms with Crippen molar-refractivity contribution in [1.29, 1.82) is 0 Å². The summed E-state index contributed by atoms with van der Waals surface area (Å²) in [5.41, 5.74) is 0.147. The molecule has 58 heavy (non-hydrogen) atoms. The minimum absolute atomic E-state index is 0.0184. The second kappa shape index (κ2) is 18.6. The number of likely N-dealkylation sites (tertiary alicyclic amines) is 4. The lowest BCUT2D eigenvalue weighted by Crippen LogP contribution is -2.74. The number of piperidine rings is 4. The molecule has 4 aliphatic rings. The summed E-state index contributed by atoms with van der Waals surface area (Å²) in [6.07, 6.45) is 21.0. The predicted molar refractivity (Wildman–Crippen MR) is 242 cm³/mol. The Bertz CT molecular complexity index is 1120. The number of hydrogen-bond acceptors (Lipinski definition) is 8. The van der Waals surface area contributed by atoms with Gasteiger partial charge in [0, 0.05) is 57.2 Å². The molecular formula is C50H94N4O4. The number of nitrogens with zero attached hydrogens (tertiary/aromatic N) is 4. The molecule has 0 spiro atoms. The van der Waals surface area contributed by atoms with Crippen LogP contribution in [0.5, 0.6) is 0 Å². The van der Waals surface area contributed by atoms with Crippen molar-refractivity contribution >= 4 is 11.9 Å². The van der Waals surface area contributed by atoms with Gasteiger partial charge in [-0.1, -0.05) is 25.7 Å². The maximum Gasteiger partial charge on any atom is 0.305 e. The van der Waals surface area contributed by atoms with E-state index < -0.39 is 0 Å². The van der Waals surface area contributed by atoms with Crippen LogP contribution in [0.4, 0.5) is 0 Å². The Morgan fingerprint density at radius 2 is 0.552 bits per heavy atom. The van der Waals surface area contributed by atoms with Crippen molar-refractivity contribution in [2.75, 3.05) is 13.2 Å². The van der Waals surface area contributed by atoms with Gasteiger partial charge in [-0.25, -0.2) is 0 Å². The molecule has 338 valence electrons. The van der Waals surface area contributed by atoms with E-state index in [1.54, 1.807) is 0 Å². The van der Waals surface area contributed by atoms with Crippen LogP contribution in [0.2, 0.25) is 0 Å². The lowest BCUT2D eigenvalue weighted by molar-refractivity contribution is -0.198. The van der Waals surface area contributed by atoms with E-state index in [0.29, 0.717) is 26.1 Å². The highest BCUT2D eigenvalue weighted by Gasteiger charge is 2.55. The summed E-state index contributed by atoms with van der Waals surface area (Å²) < 4.78 is 12.5. The van der Waals surface area contributed by atoms with Gasteiger partial charge in [-0.3, -0.25) is 29.2 Å². The van der Waals surface area contributed by atoms with Crippen LogP contribution in [0, 0.1) is 0 Å². The monoisotopic (exact) mass is 815 g/mol. The molecule has 0 aromatic carbocycles. The molecule has 8 heteroatoms. The summed E-state index contributed by atoms with van der Waals surface area (Å²) in [6.45, 7) is 39.1. The Hall–Kier alpha value is -1.22. The van der Waals surface area contributed by atoms with Crippen LogP contribution >= 0.6 is 0 Å². The van der Waals surface area contributed by atoms with Crippen LogP contribution in [-0.4, -0.2) is 101 Å². The molecule has 0 bridgehead atoms. The zero-order valence-electron chi connectivity index (χ0n) is 41.1. The van der Waals surface area contributed by atoms with E-state index in [0.717, 1.165) is 89.9 Å². The SMILES string of the molecule is CC1(C)CCCC(C)(C)N1C(COC(=O)CCCCCCCCC(=O)OCC(N1C(C)(C)CCCC1(C)C)N1C(C)(C)CCCC1(C)C)N1C(C)(C)CCCC1(C)C. The molecule has 0 aliphatic carbocycles. The minimum Gasteiger partial charge on any atom is -0.463 e. The van der Waals surface area contributed by atoms with Crippen LogP contribution in [0.3, 0.4) is 0 Å². The van der Waals surface area contributed by atoms with Gasteiger partial charge in [-0.2, -0.15) is 0 Å². The minimum atomic E-state index is -0.0704. The van der Waals surface area contributed by atoms with Crippen molar-refractivity contribution in [3.8, 4) is 0 Å². The smallest absolute Gasteiger partial charge is 0.305 e. The lowest BCUT2D eigenvalue weighted by Gasteiger charge is -2.64. The van der Waals surface area contributed by atoms with Gasteiger partial charge in [-0.15, -0.1) is 0 Å². The van der Waals surface area contributed by atoms with E-state index in [2.05, 4.69) is 130 Å². The van der Waals surface area contributed by atoms with Gasteiger partial charge < -0.3 is 9.47 Å². The summed E-state index contributed by atoms with van der Waals surface area (Å²) in [7, 11) is 0. The zero-order valence-corrected chi connectivity index (χ0v) is 41.1. The summed E-state index contributed by atoms with van der Waals surface area (Å²) in [5.74, 6) is -0.141. The fourth-order valence-corrected chi connectivity index (χ4v) is 13.5. The number of carbonyl (C=O) groups is 2. The van der Waals surface area contributed by atoms with Crippen LogP contribution < -0.4 is 0 Å². The molecule has 8 nitrogen and oxygen atoms in total. The van der Waals surface area contributed by atoms with E-state index in [1.165, 1.54) is 25.7 Å². The summed E-state index contributed by atoms with van der Waals surface area (Å²) in [5, 5.41) is 0. The number of rotatable bonds is 17. The lowest BCUT2D eigenvalue weighted by atomic mass is 9.76. The van der Waals surface area contributed by atoms with Crippen LogP contribution in [-0.2, 0) is 19.1 Å². The quantitative estimate of drug-likeness (QED) is 0.106. The first-order valence-electron chi connectivity index (χ1n) is 24.1. The molecule has 4 fully saturated rings. The Morgan fingerprint density at radius 3 is 0.759 bits per heavy atom. The van der Waals surface area contributed by atoms with Gasteiger partial charge in [0.15, 0.2) is 0 Å². The molecule has 0 N–H and O–H groups in total. The van der Waals surface area contributed by atoms with Gasteiger partial charge >= 0.3 is 11.9 Å². The summed E-state index contributed by atoms with van der Waals surface area (Å²) in [4.78, 5) is 37.5. The molecule has 0 aromatic heterocycles. The number of unbranched alkanes of at least 4 members (excludes halogenated alkanes) is 5.